The molecule has 1 fully saturated rings. The van der Waals surface area contributed by atoms with Crippen LogP contribution in [-0.4, -0.2) is 21.5 Å². The lowest BCUT2D eigenvalue weighted by Gasteiger charge is -2.28. The van der Waals surface area contributed by atoms with Gasteiger partial charge in [0.05, 0.1) is 5.02 Å². The highest BCUT2D eigenvalue weighted by Crippen LogP contribution is 2.25. The van der Waals surface area contributed by atoms with Crippen LogP contribution >= 0.6 is 11.6 Å². The van der Waals surface area contributed by atoms with Crippen LogP contribution in [0.2, 0.25) is 5.02 Å². The zero-order chi connectivity index (χ0) is 16.3. The molecule has 1 saturated heterocycles. The molecule has 0 aliphatic carbocycles. The smallest absolute Gasteiger partial charge is 0.263 e. The number of rotatable bonds is 4. The molecule has 1 aliphatic rings. The molecular formula is C17H19ClN2O2S. The van der Waals surface area contributed by atoms with Gasteiger partial charge in [-0.3, -0.25) is 4.72 Å². The van der Waals surface area contributed by atoms with E-state index < -0.39 is 10.0 Å². The average molecular weight is 351 g/mol. The number of benzene rings is 2. The highest BCUT2D eigenvalue weighted by atomic mass is 35.5. The molecule has 0 spiro atoms. The van der Waals surface area contributed by atoms with Crippen LogP contribution in [0.5, 0.6) is 0 Å². The second-order valence-corrected chi connectivity index (χ2v) is 7.69. The van der Waals surface area contributed by atoms with Crippen LogP contribution in [0.1, 0.15) is 19.3 Å². The van der Waals surface area contributed by atoms with Gasteiger partial charge in [-0.1, -0.05) is 23.7 Å². The topological polar surface area (TPSA) is 49.4 Å². The van der Waals surface area contributed by atoms with Crippen molar-refractivity contribution in [1.82, 2.24) is 0 Å². The average Bonchev–Trinajstić information content (AvgIpc) is 2.56. The van der Waals surface area contributed by atoms with Crippen molar-refractivity contribution in [3.63, 3.8) is 0 Å². The number of halogens is 1. The molecule has 0 unspecified atom stereocenters. The van der Waals surface area contributed by atoms with Gasteiger partial charge in [-0.25, -0.2) is 8.42 Å². The molecule has 122 valence electrons. The second-order valence-electron chi connectivity index (χ2n) is 5.63. The van der Waals surface area contributed by atoms with E-state index in [-0.39, 0.29) is 9.92 Å². The fourth-order valence-corrected chi connectivity index (χ4v) is 4.34. The Balaban J connectivity index is 1.76. The Morgan fingerprint density at radius 1 is 0.913 bits per heavy atom. The minimum Gasteiger partial charge on any atom is -0.372 e. The Kier molecular flexibility index (Phi) is 4.78. The van der Waals surface area contributed by atoms with Gasteiger partial charge in [0.25, 0.3) is 10.0 Å². The van der Waals surface area contributed by atoms with Crippen LogP contribution in [0.3, 0.4) is 0 Å². The van der Waals surface area contributed by atoms with Crippen LogP contribution in [0.15, 0.2) is 53.4 Å². The molecule has 1 heterocycles. The fourth-order valence-electron chi connectivity index (χ4n) is 2.77. The van der Waals surface area contributed by atoms with Crippen molar-refractivity contribution < 1.29 is 8.42 Å². The van der Waals surface area contributed by atoms with Gasteiger partial charge in [0.15, 0.2) is 0 Å². The third-order valence-electron chi connectivity index (χ3n) is 3.97. The summed E-state index contributed by atoms with van der Waals surface area (Å²) in [6, 6.07) is 13.9. The van der Waals surface area contributed by atoms with E-state index in [1.165, 1.54) is 25.3 Å². The van der Waals surface area contributed by atoms with Gasteiger partial charge >= 0.3 is 0 Å². The van der Waals surface area contributed by atoms with E-state index in [0.717, 1.165) is 18.8 Å². The zero-order valence-electron chi connectivity index (χ0n) is 12.7. The summed E-state index contributed by atoms with van der Waals surface area (Å²) in [4.78, 5) is 2.41. The Morgan fingerprint density at radius 2 is 1.57 bits per heavy atom. The lowest BCUT2D eigenvalue weighted by Crippen LogP contribution is -2.29. The minimum atomic E-state index is -3.68. The molecule has 0 amide bonds. The SMILES string of the molecule is O=S(=O)(Nc1ccc(N2CCCCC2)cc1)c1ccccc1Cl. The third kappa shape index (κ3) is 3.79. The number of anilines is 2. The highest BCUT2D eigenvalue weighted by Gasteiger charge is 2.17. The van der Waals surface area contributed by atoms with E-state index in [1.54, 1.807) is 30.3 Å². The number of nitrogens with zero attached hydrogens (tertiary/aromatic N) is 1. The van der Waals surface area contributed by atoms with Crippen molar-refractivity contribution in [2.75, 3.05) is 22.7 Å². The molecule has 1 aliphatic heterocycles. The maximum absolute atomic E-state index is 12.4. The summed E-state index contributed by atoms with van der Waals surface area (Å²) in [6.07, 6.45) is 3.70. The van der Waals surface area contributed by atoms with E-state index in [4.69, 9.17) is 11.6 Å². The number of hydrogen-bond donors (Lipinski definition) is 1. The largest absolute Gasteiger partial charge is 0.372 e. The molecule has 1 N–H and O–H groups in total. The Hall–Kier alpha value is -1.72. The summed E-state index contributed by atoms with van der Waals surface area (Å²) in [5, 5.41) is 0.213. The molecule has 4 nitrogen and oxygen atoms in total. The Morgan fingerprint density at radius 3 is 2.22 bits per heavy atom. The lowest BCUT2D eigenvalue weighted by atomic mass is 10.1. The van der Waals surface area contributed by atoms with Gasteiger partial charge in [-0.05, 0) is 55.7 Å². The molecule has 0 radical (unpaired) electrons. The van der Waals surface area contributed by atoms with Crippen molar-refractivity contribution in [2.45, 2.75) is 24.2 Å². The van der Waals surface area contributed by atoms with E-state index in [0.29, 0.717) is 5.69 Å². The molecule has 2 aromatic rings. The maximum atomic E-state index is 12.4. The zero-order valence-corrected chi connectivity index (χ0v) is 14.3. The number of piperidine rings is 1. The summed E-state index contributed by atoms with van der Waals surface area (Å²) >= 11 is 5.98. The fraction of sp³-hybridized carbons (Fsp3) is 0.294. The number of sulfonamides is 1. The van der Waals surface area contributed by atoms with E-state index in [9.17, 15) is 8.42 Å². The Labute approximate surface area is 142 Å². The predicted octanol–water partition coefficient (Wildman–Crippen LogP) is 4.13. The molecule has 0 bridgehead atoms. The van der Waals surface area contributed by atoms with Crippen molar-refractivity contribution in [1.29, 1.82) is 0 Å². The molecule has 0 saturated carbocycles. The number of nitrogens with one attached hydrogen (secondary N) is 1. The molecule has 3 rings (SSSR count). The maximum Gasteiger partial charge on any atom is 0.263 e. The first-order valence-electron chi connectivity index (χ1n) is 7.69. The van der Waals surface area contributed by atoms with Gasteiger partial charge < -0.3 is 4.90 Å². The van der Waals surface area contributed by atoms with E-state index >= 15 is 0 Å². The quantitative estimate of drug-likeness (QED) is 0.901. The molecule has 23 heavy (non-hydrogen) atoms. The van der Waals surface area contributed by atoms with Gasteiger partial charge in [0.2, 0.25) is 0 Å². The van der Waals surface area contributed by atoms with Crippen molar-refractivity contribution in [2.24, 2.45) is 0 Å². The summed E-state index contributed by atoms with van der Waals surface area (Å²) in [6.45, 7) is 2.12. The monoisotopic (exact) mass is 350 g/mol. The van der Waals surface area contributed by atoms with Gasteiger partial charge in [-0.15, -0.1) is 0 Å². The van der Waals surface area contributed by atoms with E-state index in [1.807, 2.05) is 12.1 Å². The van der Waals surface area contributed by atoms with Gasteiger partial charge in [0.1, 0.15) is 4.90 Å². The van der Waals surface area contributed by atoms with Crippen LogP contribution in [0, 0.1) is 0 Å². The third-order valence-corrected chi connectivity index (χ3v) is 5.85. The summed E-state index contributed by atoms with van der Waals surface area (Å²) < 4.78 is 27.4. The van der Waals surface area contributed by atoms with Crippen LogP contribution in [0.4, 0.5) is 11.4 Å². The molecule has 0 aromatic heterocycles. The first-order chi connectivity index (χ1) is 11.1. The lowest BCUT2D eigenvalue weighted by molar-refractivity contribution is 0.578. The van der Waals surface area contributed by atoms with Crippen molar-refractivity contribution >= 4 is 33.0 Å². The van der Waals surface area contributed by atoms with Gasteiger partial charge in [-0.2, -0.15) is 0 Å². The first kappa shape index (κ1) is 16.1. The highest BCUT2D eigenvalue weighted by molar-refractivity contribution is 7.92. The summed E-state index contributed by atoms with van der Waals surface area (Å²) in [5.41, 5.74) is 1.66. The number of hydrogen-bond acceptors (Lipinski definition) is 3. The van der Waals surface area contributed by atoms with Gasteiger partial charge in [0, 0.05) is 24.5 Å². The van der Waals surface area contributed by atoms with Crippen LogP contribution < -0.4 is 9.62 Å². The molecule has 0 atom stereocenters. The van der Waals surface area contributed by atoms with Crippen molar-refractivity contribution in [3.8, 4) is 0 Å². The van der Waals surface area contributed by atoms with Crippen molar-refractivity contribution in [3.05, 3.63) is 53.6 Å². The first-order valence-corrected chi connectivity index (χ1v) is 9.55. The molecule has 6 heteroatoms. The second kappa shape index (κ2) is 6.81. The Bertz CT molecular complexity index is 769. The molecular weight excluding hydrogens is 332 g/mol. The standard InChI is InChI=1S/C17H19ClN2O2S/c18-16-6-2-3-7-17(16)23(21,22)19-14-8-10-15(11-9-14)20-12-4-1-5-13-20/h2-3,6-11,19H,1,4-5,12-13H2. The van der Waals surface area contributed by atoms with E-state index in [2.05, 4.69) is 9.62 Å². The minimum absolute atomic E-state index is 0.0850. The van der Waals surface area contributed by atoms with Crippen LogP contribution in [0.25, 0.3) is 0 Å². The van der Waals surface area contributed by atoms with Crippen LogP contribution in [-0.2, 0) is 10.0 Å². The summed E-state index contributed by atoms with van der Waals surface area (Å²) in [5.74, 6) is 0. The summed E-state index contributed by atoms with van der Waals surface area (Å²) in [7, 11) is -3.68. The molecule has 2 aromatic carbocycles. The normalized spacial score (nSPS) is 15.4. The predicted molar refractivity (Wildman–Crippen MR) is 94.8 cm³/mol.